The second-order valence-corrected chi connectivity index (χ2v) is 6.22. The molecule has 0 saturated heterocycles. The molecule has 2 fully saturated rings. The molecule has 0 spiro atoms. The first-order valence-corrected chi connectivity index (χ1v) is 8.04. The van der Waals surface area contributed by atoms with Crippen molar-refractivity contribution in [1.29, 1.82) is 0 Å². The number of rotatable bonds is 7. The normalized spacial score (nSPS) is 35.1. The highest BCUT2D eigenvalue weighted by Crippen LogP contribution is 2.39. The van der Waals surface area contributed by atoms with Gasteiger partial charge in [-0.15, -0.1) is 0 Å². The summed E-state index contributed by atoms with van der Waals surface area (Å²) in [6.07, 6.45) is 10.9. The molecule has 0 aromatic carbocycles. The van der Waals surface area contributed by atoms with Crippen molar-refractivity contribution in [1.82, 2.24) is 0 Å². The topological polar surface area (TPSA) is 36.9 Å². The Labute approximate surface area is 123 Å². The van der Waals surface area contributed by atoms with Gasteiger partial charge >= 0.3 is 0 Å². The van der Waals surface area contributed by atoms with Crippen LogP contribution < -0.4 is 0 Å². The van der Waals surface area contributed by atoms with Gasteiger partial charge in [-0.3, -0.25) is 0 Å². The van der Waals surface area contributed by atoms with Crippen LogP contribution in [0.25, 0.3) is 0 Å². The highest BCUT2D eigenvalue weighted by atomic mass is 16.7. The molecule has 0 aromatic heterocycles. The quantitative estimate of drug-likeness (QED) is 0.673. The summed E-state index contributed by atoms with van der Waals surface area (Å²) >= 11 is 0. The van der Waals surface area contributed by atoms with Gasteiger partial charge in [0, 0.05) is 14.2 Å². The maximum Gasteiger partial charge on any atom is 0.146 e. The monoisotopic (exact) mass is 286 g/mol. The second-order valence-electron chi connectivity index (χ2n) is 6.22. The van der Waals surface area contributed by atoms with Crippen molar-refractivity contribution in [3.05, 3.63) is 0 Å². The van der Waals surface area contributed by atoms with Crippen molar-refractivity contribution >= 4 is 0 Å². The lowest BCUT2D eigenvalue weighted by atomic mass is 9.72. The van der Waals surface area contributed by atoms with E-state index in [9.17, 15) is 0 Å². The Morgan fingerprint density at radius 1 is 0.600 bits per heavy atom. The summed E-state index contributed by atoms with van der Waals surface area (Å²) in [6, 6.07) is 0. The predicted octanol–water partition coefficient (Wildman–Crippen LogP) is 3.35. The zero-order chi connectivity index (χ0) is 14.2. The molecule has 0 N–H and O–H groups in total. The molecule has 4 heteroatoms. The molecule has 0 aliphatic heterocycles. The third kappa shape index (κ3) is 4.99. The van der Waals surface area contributed by atoms with E-state index in [1.165, 1.54) is 51.4 Å². The summed E-state index contributed by atoms with van der Waals surface area (Å²) in [5, 5.41) is 0. The summed E-state index contributed by atoms with van der Waals surface area (Å²) in [6.45, 7) is 0.883. The Bertz CT molecular complexity index is 217. The van der Waals surface area contributed by atoms with Gasteiger partial charge in [0.25, 0.3) is 0 Å². The van der Waals surface area contributed by atoms with E-state index in [4.69, 9.17) is 18.9 Å². The van der Waals surface area contributed by atoms with Crippen LogP contribution in [0, 0.1) is 11.8 Å². The van der Waals surface area contributed by atoms with Gasteiger partial charge in [-0.05, 0) is 63.2 Å². The highest BCUT2D eigenvalue weighted by molar-refractivity contribution is 4.82. The van der Waals surface area contributed by atoms with Crippen LogP contribution in [0.15, 0.2) is 0 Å². The molecule has 2 aliphatic carbocycles. The average molecular weight is 286 g/mol. The molecule has 20 heavy (non-hydrogen) atoms. The van der Waals surface area contributed by atoms with Crippen molar-refractivity contribution in [2.24, 2.45) is 11.8 Å². The largest absolute Gasteiger partial charge is 0.359 e. The summed E-state index contributed by atoms with van der Waals surface area (Å²) in [5.41, 5.74) is 0. The Balaban J connectivity index is 1.63. The molecule has 118 valence electrons. The van der Waals surface area contributed by atoms with Gasteiger partial charge in [0.15, 0.2) is 0 Å². The fourth-order valence-electron chi connectivity index (χ4n) is 3.78. The van der Waals surface area contributed by atoms with Crippen LogP contribution in [0.2, 0.25) is 0 Å². The molecule has 0 heterocycles. The van der Waals surface area contributed by atoms with E-state index >= 15 is 0 Å². The third-order valence-corrected chi connectivity index (χ3v) is 4.95. The molecule has 0 bridgehead atoms. The van der Waals surface area contributed by atoms with Crippen LogP contribution in [0.4, 0.5) is 0 Å². The van der Waals surface area contributed by atoms with Crippen LogP contribution in [-0.4, -0.2) is 40.0 Å². The second kappa shape index (κ2) is 8.98. The molecule has 0 aromatic rings. The zero-order valence-electron chi connectivity index (χ0n) is 13.0. The van der Waals surface area contributed by atoms with Gasteiger partial charge in [-0.25, -0.2) is 0 Å². The zero-order valence-corrected chi connectivity index (χ0v) is 13.0. The fraction of sp³-hybridized carbons (Fsp3) is 1.00. The molecule has 0 atom stereocenters. The van der Waals surface area contributed by atoms with E-state index in [0.29, 0.717) is 25.8 Å². The minimum Gasteiger partial charge on any atom is -0.359 e. The van der Waals surface area contributed by atoms with Crippen molar-refractivity contribution in [3.63, 3.8) is 0 Å². The van der Waals surface area contributed by atoms with Gasteiger partial charge in [0.2, 0.25) is 0 Å². The van der Waals surface area contributed by atoms with Crippen LogP contribution in [0.5, 0.6) is 0 Å². The summed E-state index contributed by atoms with van der Waals surface area (Å²) in [4.78, 5) is 0. The van der Waals surface area contributed by atoms with Crippen molar-refractivity contribution in [3.8, 4) is 0 Å². The van der Waals surface area contributed by atoms with Gasteiger partial charge in [0.05, 0.1) is 12.2 Å². The molecule has 0 unspecified atom stereocenters. The molecule has 2 rings (SSSR count). The van der Waals surface area contributed by atoms with Crippen LogP contribution >= 0.6 is 0 Å². The summed E-state index contributed by atoms with van der Waals surface area (Å²) in [7, 11) is 3.38. The highest BCUT2D eigenvalue weighted by Gasteiger charge is 2.31. The van der Waals surface area contributed by atoms with Gasteiger partial charge in [0.1, 0.15) is 13.6 Å². The van der Waals surface area contributed by atoms with E-state index in [1.807, 2.05) is 0 Å². The SMILES string of the molecule is COCOC1CCC(C2CCC(OCOC)CC2)CC1. The average Bonchev–Trinajstić information content (AvgIpc) is 2.52. The number of ether oxygens (including phenoxy) is 4. The minimum absolute atomic E-state index is 0.424. The fourth-order valence-corrected chi connectivity index (χ4v) is 3.78. The van der Waals surface area contributed by atoms with E-state index in [2.05, 4.69) is 0 Å². The minimum atomic E-state index is 0.424. The first-order valence-electron chi connectivity index (χ1n) is 8.04. The Morgan fingerprint density at radius 2 is 0.950 bits per heavy atom. The van der Waals surface area contributed by atoms with Gasteiger partial charge in [-0.2, -0.15) is 0 Å². The van der Waals surface area contributed by atoms with Gasteiger partial charge < -0.3 is 18.9 Å². The maximum absolute atomic E-state index is 5.67. The Kier molecular flexibility index (Phi) is 7.28. The molecule has 2 saturated carbocycles. The van der Waals surface area contributed by atoms with E-state index in [-0.39, 0.29) is 0 Å². The lowest BCUT2D eigenvalue weighted by Crippen LogP contribution is -2.30. The number of hydrogen-bond acceptors (Lipinski definition) is 4. The molecular formula is C16H30O4. The van der Waals surface area contributed by atoms with Crippen LogP contribution in [-0.2, 0) is 18.9 Å². The standard InChI is InChI=1S/C16H30O4/c1-17-11-19-15-7-3-13(4-8-15)14-5-9-16(10-6-14)20-12-18-2/h13-16H,3-12H2,1-2H3. The smallest absolute Gasteiger partial charge is 0.146 e. The first-order chi connectivity index (χ1) is 9.83. The predicted molar refractivity (Wildman–Crippen MR) is 77.4 cm³/mol. The van der Waals surface area contributed by atoms with Crippen molar-refractivity contribution in [2.45, 2.75) is 63.6 Å². The molecule has 2 aliphatic rings. The summed E-state index contributed by atoms with van der Waals surface area (Å²) in [5.74, 6) is 1.81. The van der Waals surface area contributed by atoms with Crippen molar-refractivity contribution in [2.75, 3.05) is 27.8 Å². The van der Waals surface area contributed by atoms with Crippen LogP contribution in [0.1, 0.15) is 51.4 Å². The molecular weight excluding hydrogens is 256 g/mol. The Hall–Kier alpha value is -0.160. The Morgan fingerprint density at radius 3 is 1.25 bits per heavy atom. The maximum atomic E-state index is 5.67. The van der Waals surface area contributed by atoms with Crippen molar-refractivity contribution < 1.29 is 18.9 Å². The molecule has 0 amide bonds. The molecule has 0 radical (unpaired) electrons. The van der Waals surface area contributed by atoms with E-state index in [1.54, 1.807) is 14.2 Å². The third-order valence-electron chi connectivity index (χ3n) is 4.95. The summed E-state index contributed by atoms with van der Waals surface area (Å²) < 4.78 is 21.3. The molecule has 4 nitrogen and oxygen atoms in total. The first kappa shape index (κ1) is 16.2. The number of hydrogen-bond donors (Lipinski definition) is 0. The lowest BCUT2D eigenvalue weighted by molar-refractivity contribution is -0.0970. The van der Waals surface area contributed by atoms with Crippen LogP contribution in [0.3, 0.4) is 0 Å². The van der Waals surface area contributed by atoms with E-state index in [0.717, 1.165) is 11.8 Å². The number of methoxy groups -OCH3 is 2. The van der Waals surface area contributed by atoms with E-state index < -0.39 is 0 Å². The van der Waals surface area contributed by atoms with Gasteiger partial charge in [-0.1, -0.05) is 0 Å². The lowest BCUT2D eigenvalue weighted by Gasteiger charge is -2.37.